The van der Waals surface area contributed by atoms with Crippen LogP contribution in [0.15, 0.2) is 6.07 Å². The second-order valence-electron chi connectivity index (χ2n) is 6.07. The number of ether oxygens (including phenoxy) is 1. The van der Waals surface area contributed by atoms with Crippen LogP contribution in [0.1, 0.15) is 36.7 Å². The van der Waals surface area contributed by atoms with Crippen LogP contribution in [-0.4, -0.2) is 52.8 Å². The number of nitrogens with zero attached hydrogens (tertiary/aromatic N) is 1. The van der Waals surface area contributed by atoms with E-state index in [1.54, 1.807) is 11.0 Å². The molecule has 2 heterocycles. The number of nitrogens with one attached hydrogen (secondary N) is 1. The van der Waals surface area contributed by atoms with Gasteiger partial charge in [-0.15, -0.1) is 0 Å². The van der Waals surface area contributed by atoms with E-state index in [-0.39, 0.29) is 28.7 Å². The van der Waals surface area contributed by atoms with E-state index >= 15 is 0 Å². The number of aliphatic hydroxyl groups excluding tert-OH is 1. The Bertz CT molecular complexity index is 546. The van der Waals surface area contributed by atoms with E-state index in [0.717, 1.165) is 12.8 Å². The molecular weight excluding hydrogens is 327 g/mol. The normalized spacial score (nSPS) is 27.0. The fourth-order valence-electron chi connectivity index (χ4n) is 3.63. The van der Waals surface area contributed by atoms with Crippen molar-refractivity contribution in [3.63, 3.8) is 0 Å². The Labute approximate surface area is 139 Å². The van der Waals surface area contributed by atoms with Gasteiger partial charge in [-0.05, 0) is 25.8 Å². The summed E-state index contributed by atoms with van der Waals surface area (Å²) >= 11 is 11.7. The molecule has 2 N–H and O–H groups in total. The lowest BCUT2D eigenvalue weighted by atomic mass is 9.58. The van der Waals surface area contributed by atoms with E-state index in [0.29, 0.717) is 36.8 Å². The number of halogens is 2. The lowest BCUT2D eigenvalue weighted by Gasteiger charge is -2.56. The topological polar surface area (TPSA) is 65.6 Å². The molecule has 3 rings (SSSR count). The zero-order chi connectivity index (χ0) is 15.9. The van der Waals surface area contributed by atoms with E-state index in [1.807, 2.05) is 6.92 Å². The summed E-state index contributed by atoms with van der Waals surface area (Å²) in [5.74, 6) is -0.106. The Balaban J connectivity index is 1.65. The third-order valence-corrected chi connectivity index (χ3v) is 5.74. The smallest absolute Gasteiger partial charge is 0.270 e. The van der Waals surface area contributed by atoms with Crippen LogP contribution in [0.25, 0.3) is 0 Å². The van der Waals surface area contributed by atoms with Gasteiger partial charge in [0.2, 0.25) is 0 Å². The molecule has 1 spiro atoms. The van der Waals surface area contributed by atoms with Gasteiger partial charge in [0, 0.05) is 31.5 Å². The van der Waals surface area contributed by atoms with Crippen LogP contribution in [0.3, 0.4) is 0 Å². The fraction of sp³-hybridized carbons (Fsp3) is 0.667. The Morgan fingerprint density at radius 3 is 2.68 bits per heavy atom. The molecule has 2 atom stereocenters. The number of carbonyl (C=O) groups is 1. The third-order valence-electron chi connectivity index (χ3n) is 5.05. The number of likely N-dealkylation sites (tertiary alicyclic amines) is 1. The van der Waals surface area contributed by atoms with Crippen LogP contribution in [-0.2, 0) is 4.74 Å². The van der Waals surface area contributed by atoms with Crippen molar-refractivity contribution < 1.29 is 14.6 Å². The molecule has 1 aliphatic heterocycles. The van der Waals surface area contributed by atoms with Crippen molar-refractivity contribution in [3.8, 4) is 0 Å². The highest BCUT2D eigenvalue weighted by Crippen LogP contribution is 2.51. The first kappa shape index (κ1) is 16.1. The minimum atomic E-state index is -0.323. The molecule has 7 heteroatoms. The summed E-state index contributed by atoms with van der Waals surface area (Å²) in [7, 11) is 0. The number of hydrogen-bond acceptors (Lipinski definition) is 3. The molecule has 1 aromatic rings. The molecule has 5 nitrogen and oxygen atoms in total. The van der Waals surface area contributed by atoms with Gasteiger partial charge >= 0.3 is 0 Å². The van der Waals surface area contributed by atoms with Gasteiger partial charge in [-0.3, -0.25) is 4.79 Å². The third kappa shape index (κ3) is 2.54. The molecule has 2 aliphatic rings. The summed E-state index contributed by atoms with van der Waals surface area (Å²) in [6.07, 6.45) is 2.00. The van der Waals surface area contributed by atoms with Gasteiger partial charge in [0.15, 0.2) is 0 Å². The Morgan fingerprint density at radius 1 is 1.50 bits per heavy atom. The van der Waals surface area contributed by atoms with E-state index in [9.17, 15) is 9.90 Å². The van der Waals surface area contributed by atoms with Gasteiger partial charge in [0.05, 0.1) is 17.2 Å². The van der Waals surface area contributed by atoms with E-state index < -0.39 is 0 Å². The first-order chi connectivity index (χ1) is 10.5. The summed E-state index contributed by atoms with van der Waals surface area (Å²) in [6.45, 7) is 3.83. The SMILES string of the molecule is CCOC1CC(O)C12CCN(C(=O)c1cc(Cl)c(Cl)[nH]1)CC2. The highest BCUT2D eigenvalue weighted by atomic mass is 35.5. The number of hydrogen-bond donors (Lipinski definition) is 2. The number of rotatable bonds is 3. The first-order valence-electron chi connectivity index (χ1n) is 7.61. The maximum Gasteiger partial charge on any atom is 0.270 e. The number of amides is 1. The summed E-state index contributed by atoms with van der Waals surface area (Å²) in [5.41, 5.74) is 0.221. The lowest BCUT2D eigenvalue weighted by molar-refractivity contribution is -0.207. The molecule has 2 unspecified atom stereocenters. The second-order valence-corrected chi connectivity index (χ2v) is 6.85. The van der Waals surface area contributed by atoms with Crippen molar-refractivity contribution in [1.29, 1.82) is 0 Å². The first-order valence-corrected chi connectivity index (χ1v) is 8.36. The van der Waals surface area contributed by atoms with E-state index in [4.69, 9.17) is 27.9 Å². The molecule has 1 amide bonds. The number of piperidine rings is 1. The van der Waals surface area contributed by atoms with Gasteiger partial charge < -0.3 is 19.7 Å². The van der Waals surface area contributed by atoms with Gasteiger partial charge in [0.25, 0.3) is 5.91 Å². The van der Waals surface area contributed by atoms with Gasteiger partial charge in [0.1, 0.15) is 10.8 Å². The number of carbonyl (C=O) groups excluding carboxylic acids is 1. The summed E-state index contributed by atoms with van der Waals surface area (Å²) in [5, 5.41) is 10.8. The number of aromatic amines is 1. The predicted molar refractivity (Wildman–Crippen MR) is 84.4 cm³/mol. The highest BCUT2D eigenvalue weighted by molar-refractivity contribution is 6.41. The van der Waals surface area contributed by atoms with Crippen LogP contribution in [0, 0.1) is 5.41 Å². The molecule has 122 valence electrons. The monoisotopic (exact) mass is 346 g/mol. The summed E-state index contributed by atoms with van der Waals surface area (Å²) in [6, 6.07) is 1.55. The number of aromatic nitrogens is 1. The number of H-pyrrole nitrogens is 1. The highest BCUT2D eigenvalue weighted by Gasteiger charge is 2.56. The van der Waals surface area contributed by atoms with Gasteiger partial charge in [-0.2, -0.15) is 0 Å². The molecule has 1 aliphatic carbocycles. The van der Waals surface area contributed by atoms with Crippen LogP contribution in [0.2, 0.25) is 10.2 Å². The molecule has 2 fully saturated rings. The van der Waals surface area contributed by atoms with Crippen molar-refractivity contribution >= 4 is 29.1 Å². The molecule has 0 aromatic carbocycles. The Kier molecular flexibility index (Phi) is 4.42. The minimum Gasteiger partial charge on any atom is -0.392 e. The minimum absolute atomic E-state index is 0.106. The second kappa shape index (κ2) is 6.04. The largest absolute Gasteiger partial charge is 0.392 e. The van der Waals surface area contributed by atoms with Gasteiger partial charge in [-0.1, -0.05) is 23.2 Å². The quantitative estimate of drug-likeness (QED) is 0.884. The lowest BCUT2D eigenvalue weighted by Crippen LogP contribution is -2.62. The van der Waals surface area contributed by atoms with Crippen molar-refractivity contribution in [2.45, 2.75) is 38.4 Å². The molecule has 1 saturated carbocycles. The van der Waals surface area contributed by atoms with Crippen LogP contribution in [0.5, 0.6) is 0 Å². The zero-order valence-electron chi connectivity index (χ0n) is 12.4. The number of aliphatic hydroxyl groups is 1. The molecule has 0 radical (unpaired) electrons. The van der Waals surface area contributed by atoms with E-state index in [1.165, 1.54) is 0 Å². The fourth-order valence-corrected chi connectivity index (χ4v) is 3.95. The van der Waals surface area contributed by atoms with Crippen LogP contribution >= 0.6 is 23.2 Å². The Morgan fingerprint density at radius 2 is 2.18 bits per heavy atom. The summed E-state index contributed by atoms with van der Waals surface area (Å²) in [4.78, 5) is 17.0. The van der Waals surface area contributed by atoms with Gasteiger partial charge in [-0.25, -0.2) is 0 Å². The van der Waals surface area contributed by atoms with Crippen molar-refractivity contribution in [3.05, 3.63) is 21.9 Å². The van der Waals surface area contributed by atoms with Crippen LogP contribution < -0.4 is 0 Å². The average Bonchev–Trinajstić information content (AvgIpc) is 2.86. The van der Waals surface area contributed by atoms with Crippen LogP contribution in [0.4, 0.5) is 0 Å². The molecule has 22 heavy (non-hydrogen) atoms. The molecule has 1 saturated heterocycles. The van der Waals surface area contributed by atoms with Crippen molar-refractivity contribution in [1.82, 2.24) is 9.88 Å². The summed E-state index contributed by atoms with van der Waals surface area (Å²) < 4.78 is 5.74. The van der Waals surface area contributed by atoms with Crippen molar-refractivity contribution in [2.75, 3.05) is 19.7 Å². The van der Waals surface area contributed by atoms with E-state index in [2.05, 4.69) is 4.98 Å². The average molecular weight is 347 g/mol. The molecule has 0 bridgehead atoms. The molecule has 1 aromatic heterocycles. The maximum absolute atomic E-state index is 12.5. The molecular formula is C15H20Cl2N2O3. The van der Waals surface area contributed by atoms with Crippen molar-refractivity contribution in [2.24, 2.45) is 5.41 Å². The standard InChI is InChI=1S/C15H20Cl2N2O3/c1-2-22-12-8-11(20)15(12)3-5-19(6-4-15)14(21)10-7-9(16)13(17)18-10/h7,11-12,18,20H,2-6,8H2,1H3. The zero-order valence-corrected chi connectivity index (χ0v) is 14.0. The maximum atomic E-state index is 12.5. The predicted octanol–water partition coefficient (Wildman–Crippen LogP) is 2.71. The Hall–Kier alpha value is -0.750.